The third kappa shape index (κ3) is 3.13. The molecule has 0 radical (unpaired) electrons. The first-order valence-electron chi connectivity index (χ1n) is 6.91. The highest BCUT2D eigenvalue weighted by Gasteiger charge is 2.24. The van der Waals surface area contributed by atoms with Crippen molar-refractivity contribution in [2.24, 2.45) is 11.8 Å². The van der Waals surface area contributed by atoms with Gasteiger partial charge in [-0.05, 0) is 30.9 Å². The smallest absolute Gasteiger partial charge is 0.142 e. The van der Waals surface area contributed by atoms with Crippen LogP contribution in [0.5, 0.6) is 0 Å². The number of hydrogen-bond donors (Lipinski definition) is 2. The molecule has 0 saturated heterocycles. The Labute approximate surface area is 110 Å². The maximum atomic E-state index is 5.44. The van der Waals surface area contributed by atoms with Gasteiger partial charge in [0.15, 0.2) is 0 Å². The van der Waals surface area contributed by atoms with Crippen molar-refractivity contribution in [1.29, 1.82) is 0 Å². The lowest BCUT2D eigenvalue weighted by molar-refractivity contribution is 0.531. The van der Waals surface area contributed by atoms with Crippen molar-refractivity contribution in [3.8, 4) is 0 Å². The zero-order valence-corrected chi connectivity index (χ0v) is 11.4. The van der Waals surface area contributed by atoms with E-state index >= 15 is 0 Å². The molecule has 1 aliphatic carbocycles. The fourth-order valence-electron chi connectivity index (χ4n) is 2.70. The fourth-order valence-corrected chi connectivity index (χ4v) is 2.70. The van der Waals surface area contributed by atoms with E-state index in [0.717, 1.165) is 18.2 Å². The molecule has 4 heteroatoms. The number of nitrogens with two attached hydrogens (primary N) is 1. The average molecular weight is 248 g/mol. The van der Waals surface area contributed by atoms with Crippen LogP contribution in [0.25, 0.3) is 0 Å². The summed E-state index contributed by atoms with van der Waals surface area (Å²) in [5.74, 6) is 7.87. The quantitative estimate of drug-likeness (QED) is 0.621. The normalized spacial score (nSPS) is 16.2. The summed E-state index contributed by atoms with van der Waals surface area (Å²) < 4.78 is 0. The summed E-state index contributed by atoms with van der Waals surface area (Å²) in [5, 5.41) is 0. The van der Waals surface area contributed by atoms with E-state index in [1.807, 2.05) is 12.1 Å². The monoisotopic (exact) mass is 248 g/mol. The Kier molecular flexibility index (Phi) is 4.42. The average Bonchev–Trinajstić information content (AvgIpc) is 2.89. The number of anilines is 2. The number of hydrazine groups is 1. The van der Waals surface area contributed by atoms with Crippen molar-refractivity contribution in [2.75, 3.05) is 16.9 Å². The topological polar surface area (TPSA) is 54.2 Å². The molecule has 0 amide bonds. The lowest BCUT2D eigenvalue weighted by atomic mass is 10.1. The van der Waals surface area contributed by atoms with E-state index in [-0.39, 0.29) is 0 Å². The van der Waals surface area contributed by atoms with Crippen molar-refractivity contribution < 1.29 is 0 Å². The van der Waals surface area contributed by atoms with Crippen LogP contribution in [0.4, 0.5) is 11.6 Å². The van der Waals surface area contributed by atoms with E-state index < -0.39 is 0 Å². The summed E-state index contributed by atoms with van der Waals surface area (Å²) in [6, 6.07) is 6.64. The molecule has 1 saturated carbocycles. The Hall–Kier alpha value is -1.29. The molecule has 1 fully saturated rings. The van der Waals surface area contributed by atoms with Crippen LogP contribution in [0.2, 0.25) is 0 Å². The van der Waals surface area contributed by atoms with Crippen molar-refractivity contribution in [1.82, 2.24) is 4.98 Å². The molecule has 0 spiro atoms. The van der Waals surface area contributed by atoms with Crippen molar-refractivity contribution in [3.63, 3.8) is 0 Å². The minimum absolute atomic E-state index is 0.641. The standard InChI is InChI=1S/C14H24N4/c1-11(2)10-18(12-6-3-4-7-12)14-9-5-8-13(16-14)17-15/h5,8-9,11-12H,3-4,6-7,10,15H2,1-2H3,(H,16,17). The van der Waals surface area contributed by atoms with Gasteiger partial charge in [-0.1, -0.05) is 32.8 Å². The Morgan fingerprint density at radius 3 is 2.72 bits per heavy atom. The summed E-state index contributed by atoms with van der Waals surface area (Å²) >= 11 is 0. The molecule has 1 aromatic rings. The van der Waals surface area contributed by atoms with Gasteiger partial charge in [0.25, 0.3) is 0 Å². The van der Waals surface area contributed by atoms with Crippen LogP contribution in [-0.2, 0) is 0 Å². The lowest BCUT2D eigenvalue weighted by Crippen LogP contribution is -2.37. The molecule has 1 heterocycles. The van der Waals surface area contributed by atoms with Gasteiger partial charge in [-0.25, -0.2) is 10.8 Å². The Balaban J connectivity index is 2.20. The Morgan fingerprint density at radius 1 is 1.39 bits per heavy atom. The van der Waals surface area contributed by atoms with Gasteiger partial charge in [-0.3, -0.25) is 0 Å². The maximum absolute atomic E-state index is 5.44. The molecular formula is C14H24N4. The minimum atomic E-state index is 0.641. The summed E-state index contributed by atoms with van der Waals surface area (Å²) in [6.45, 7) is 5.58. The second-order valence-electron chi connectivity index (χ2n) is 5.51. The molecule has 100 valence electrons. The summed E-state index contributed by atoms with van der Waals surface area (Å²) in [4.78, 5) is 7.04. The van der Waals surface area contributed by atoms with Gasteiger partial charge in [-0.2, -0.15) is 0 Å². The Bertz CT molecular complexity index is 372. The van der Waals surface area contributed by atoms with Gasteiger partial charge in [-0.15, -0.1) is 0 Å². The van der Waals surface area contributed by atoms with E-state index in [9.17, 15) is 0 Å². The first kappa shape index (κ1) is 13.1. The fraction of sp³-hybridized carbons (Fsp3) is 0.643. The predicted molar refractivity (Wildman–Crippen MR) is 76.5 cm³/mol. The third-order valence-electron chi connectivity index (χ3n) is 3.50. The maximum Gasteiger partial charge on any atom is 0.142 e. The third-order valence-corrected chi connectivity index (χ3v) is 3.50. The van der Waals surface area contributed by atoms with Gasteiger partial charge < -0.3 is 10.3 Å². The largest absolute Gasteiger partial charge is 0.353 e. The molecule has 0 aromatic carbocycles. The van der Waals surface area contributed by atoms with Crippen molar-refractivity contribution in [3.05, 3.63) is 18.2 Å². The number of nitrogen functional groups attached to an aromatic ring is 1. The molecule has 1 aromatic heterocycles. The van der Waals surface area contributed by atoms with Crippen LogP contribution in [0, 0.1) is 5.92 Å². The molecule has 2 rings (SSSR count). The van der Waals surface area contributed by atoms with E-state index in [1.165, 1.54) is 25.7 Å². The molecule has 0 aliphatic heterocycles. The van der Waals surface area contributed by atoms with E-state index in [0.29, 0.717) is 12.0 Å². The lowest BCUT2D eigenvalue weighted by Gasteiger charge is -2.31. The Morgan fingerprint density at radius 2 is 2.11 bits per heavy atom. The van der Waals surface area contributed by atoms with Crippen molar-refractivity contribution >= 4 is 11.6 Å². The van der Waals surface area contributed by atoms with E-state index in [1.54, 1.807) is 0 Å². The molecule has 0 unspecified atom stereocenters. The summed E-state index contributed by atoms with van der Waals surface area (Å²) in [6.07, 6.45) is 5.26. The highest BCUT2D eigenvalue weighted by molar-refractivity contribution is 5.47. The number of rotatable bonds is 5. The van der Waals surface area contributed by atoms with Crippen LogP contribution < -0.4 is 16.2 Å². The SMILES string of the molecule is CC(C)CN(c1cccc(NN)n1)C1CCCC1. The van der Waals surface area contributed by atoms with Gasteiger partial charge in [0, 0.05) is 12.6 Å². The first-order valence-corrected chi connectivity index (χ1v) is 6.91. The first-order chi connectivity index (χ1) is 8.70. The van der Waals surface area contributed by atoms with Crippen LogP contribution >= 0.6 is 0 Å². The number of hydrogen-bond acceptors (Lipinski definition) is 4. The molecular weight excluding hydrogens is 224 g/mol. The van der Waals surface area contributed by atoms with Crippen LogP contribution in [-0.4, -0.2) is 17.6 Å². The van der Waals surface area contributed by atoms with Gasteiger partial charge >= 0.3 is 0 Å². The van der Waals surface area contributed by atoms with Crippen LogP contribution in [0.15, 0.2) is 18.2 Å². The summed E-state index contributed by atoms with van der Waals surface area (Å²) in [7, 11) is 0. The number of nitrogens with one attached hydrogen (secondary N) is 1. The van der Waals surface area contributed by atoms with E-state index in [4.69, 9.17) is 5.84 Å². The van der Waals surface area contributed by atoms with Gasteiger partial charge in [0.1, 0.15) is 11.6 Å². The van der Waals surface area contributed by atoms with Gasteiger partial charge in [0.2, 0.25) is 0 Å². The van der Waals surface area contributed by atoms with Crippen LogP contribution in [0.1, 0.15) is 39.5 Å². The number of pyridine rings is 1. The number of nitrogens with zero attached hydrogens (tertiary/aromatic N) is 2. The minimum Gasteiger partial charge on any atom is -0.353 e. The highest BCUT2D eigenvalue weighted by Crippen LogP contribution is 2.28. The predicted octanol–water partition coefficient (Wildman–Crippen LogP) is 2.77. The molecule has 1 aliphatic rings. The molecule has 3 N–H and O–H groups in total. The zero-order valence-electron chi connectivity index (χ0n) is 11.4. The van der Waals surface area contributed by atoms with Gasteiger partial charge in [0.05, 0.1) is 0 Å². The summed E-state index contributed by atoms with van der Waals surface area (Å²) in [5.41, 5.74) is 2.63. The second kappa shape index (κ2) is 6.05. The zero-order chi connectivity index (χ0) is 13.0. The second-order valence-corrected chi connectivity index (χ2v) is 5.51. The highest BCUT2D eigenvalue weighted by atomic mass is 15.3. The molecule has 0 atom stereocenters. The number of aromatic nitrogens is 1. The van der Waals surface area contributed by atoms with E-state index in [2.05, 4.69) is 35.2 Å². The van der Waals surface area contributed by atoms with Crippen LogP contribution in [0.3, 0.4) is 0 Å². The van der Waals surface area contributed by atoms with Crippen molar-refractivity contribution in [2.45, 2.75) is 45.6 Å². The molecule has 0 bridgehead atoms. The molecule has 18 heavy (non-hydrogen) atoms. The molecule has 4 nitrogen and oxygen atoms in total.